The van der Waals surface area contributed by atoms with E-state index in [4.69, 9.17) is 16.0 Å². The summed E-state index contributed by atoms with van der Waals surface area (Å²) in [5, 5.41) is 12.8. The summed E-state index contributed by atoms with van der Waals surface area (Å²) >= 11 is 5.97. The monoisotopic (exact) mass is 351 g/mol. The minimum absolute atomic E-state index is 0.00181. The number of amides is 1. The normalized spacial score (nSPS) is 16.6. The Balaban J connectivity index is 1.62. The first-order chi connectivity index (χ1) is 11.4. The van der Waals surface area contributed by atoms with E-state index in [0.717, 1.165) is 18.4 Å². The smallest absolute Gasteiger partial charge is 0.298 e. The fourth-order valence-electron chi connectivity index (χ4n) is 2.83. The second-order valence-electron chi connectivity index (χ2n) is 6.90. The molecule has 0 unspecified atom stereocenters. The number of hydrogen-bond donors (Lipinski definition) is 2. The molecule has 1 aromatic heterocycles. The highest BCUT2D eigenvalue weighted by molar-refractivity contribution is 6.31. The van der Waals surface area contributed by atoms with Crippen LogP contribution in [0.15, 0.2) is 22.6 Å². The lowest BCUT2D eigenvalue weighted by Gasteiger charge is -2.32. The summed E-state index contributed by atoms with van der Waals surface area (Å²) in [7, 11) is 0. The molecule has 1 aromatic carbocycles. The van der Waals surface area contributed by atoms with Crippen LogP contribution >= 0.6 is 11.6 Å². The van der Waals surface area contributed by atoms with Crippen molar-refractivity contribution in [1.82, 2.24) is 10.3 Å². The molecule has 3 rings (SSSR count). The molecule has 1 aliphatic heterocycles. The molecular formula is C17H22ClN3O3. The molecule has 1 fully saturated rings. The Bertz CT molecular complexity index is 736. The summed E-state index contributed by atoms with van der Waals surface area (Å²) in [6, 6.07) is 5.95. The molecule has 130 valence electrons. The van der Waals surface area contributed by atoms with Crippen molar-refractivity contribution in [2.45, 2.75) is 32.2 Å². The van der Waals surface area contributed by atoms with Crippen molar-refractivity contribution >= 4 is 34.6 Å². The SMILES string of the molecule is CC(C)(CO)NC(=O)C1CCN(c2nc3ccc(Cl)cc3o2)CC1. The molecule has 1 aliphatic rings. The zero-order valence-electron chi connectivity index (χ0n) is 13.9. The van der Waals surface area contributed by atoms with E-state index >= 15 is 0 Å². The number of piperidine rings is 1. The summed E-state index contributed by atoms with van der Waals surface area (Å²) in [5.74, 6) is -0.0519. The number of nitrogens with one attached hydrogen (secondary N) is 1. The highest BCUT2D eigenvalue weighted by atomic mass is 35.5. The Morgan fingerprint density at radius 2 is 2.17 bits per heavy atom. The second kappa shape index (κ2) is 6.61. The number of carbonyl (C=O) groups is 1. The molecule has 7 heteroatoms. The lowest BCUT2D eigenvalue weighted by atomic mass is 9.94. The van der Waals surface area contributed by atoms with Gasteiger partial charge in [0, 0.05) is 30.1 Å². The van der Waals surface area contributed by atoms with E-state index in [9.17, 15) is 9.90 Å². The molecule has 2 N–H and O–H groups in total. The first kappa shape index (κ1) is 17.0. The van der Waals surface area contributed by atoms with Crippen LogP contribution in [0.1, 0.15) is 26.7 Å². The Morgan fingerprint density at radius 1 is 1.46 bits per heavy atom. The maximum Gasteiger partial charge on any atom is 0.298 e. The zero-order chi connectivity index (χ0) is 17.3. The highest BCUT2D eigenvalue weighted by Crippen LogP contribution is 2.28. The molecule has 2 aromatic rings. The lowest BCUT2D eigenvalue weighted by Crippen LogP contribution is -2.50. The van der Waals surface area contributed by atoms with Gasteiger partial charge in [0.05, 0.1) is 12.1 Å². The first-order valence-corrected chi connectivity index (χ1v) is 8.50. The quantitative estimate of drug-likeness (QED) is 0.885. The molecule has 6 nitrogen and oxygen atoms in total. The fourth-order valence-corrected chi connectivity index (χ4v) is 2.99. The third-order valence-corrected chi connectivity index (χ3v) is 4.57. The molecule has 0 bridgehead atoms. The van der Waals surface area contributed by atoms with Crippen molar-refractivity contribution in [2.24, 2.45) is 5.92 Å². The summed E-state index contributed by atoms with van der Waals surface area (Å²) in [4.78, 5) is 18.8. The van der Waals surface area contributed by atoms with Crippen molar-refractivity contribution in [3.8, 4) is 0 Å². The first-order valence-electron chi connectivity index (χ1n) is 8.12. The van der Waals surface area contributed by atoms with Crippen molar-refractivity contribution < 1.29 is 14.3 Å². The predicted octanol–water partition coefficient (Wildman–Crippen LogP) is 2.58. The fraction of sp³-hybridized carbons (Fsp3) is 0.529. The van der Waals surface area contributed by atoms with Gasteiger partial charge in [-0.15, -0.1) is 0 Å². The van der Waals surface area contributed by atoms with Crippen molar-refractivity contribution in [3.05, 3.63) is 23.2 Å². The highest BCUT2D eigenvalue weighted by Gasteiger charge is 2.30. The zero-order valence-corrected chi connectivity index (χ0v) is 14.6. The van der Waals surface area contributed by atoms with Gasteiger partial charge in [-0.25, -0.2) is 0 Å². The molecule has 0 radical (unpaired) electrons. The average molecular weight is 352 g/mol. The van der Waals surface area contributed by atoms with Crippen LogP contribution in [0, 0.1) is 5.92 Å². The number of aromatic nitrogens is 1. The number of anilines is 1. The number of halogens is 1. The number of aliphatic hydroxyl groups excluding tert-OH is 1. The van der Waals surface area contributed by atoms with Crippen molar-refractivity contribution in [2.75, 3.05) is 24.6 Å². The van der Waals surface area contributed by atoms with Crippen LogP contribution in [0.25, 0.3) is 11.1 Å². The number of aliphatic hydroxyl groups is 1. The van der Waals surface area contributed by atoms with E-state index in [2.05, 4.69) is 15.2 Å². The number of rotatable bonds is 4. The number of nitrogens with zero attached hydrogens (tertiary/aromatic N) is 2. The molecule has 0 atom stereocenters. The van der Waals surface area contributed by atoms with Crippen LogP contribution < -0.4 is 10.2 Å². The Morgan fingerprint density at radius 3 is 2.83 bits per heavy atom. The van der Waals surface area contributed by atoms with Gasteiger partial charge in [-0.3, -0.25) is 4.79 Å². The molecule has 2 heterocycles. The van der Waals surface area contributed by atoms with E-state index < -0.39 is 5.54 Å². The molecule has 1 saturated heterocycles. The van der Waals surface area contributed by atoms with Crippen LogP contribution in [0.3, 0.4) is 0 Å². The van der Waals surface area contributed by atoms with Crippen molar-refractivity contribution in [1.29, 1.82) is 0 Å². The van der Waals surface area contributed by atoms with Gasteiger partial charge in [0.25, 0.3) is 6.01 Å². The number of benzene rings is 1. The van der Waals surface area contributed by atoms with Gasteiger partial charge < -0.3 is 19.7 Å². The third-order valence-electron chi connectivity index (χ3n) is 4.33. The number of carbonyl (C=O) groups excluding carboxylic acids is 1. The molecule has 0 aliphatic carbocycles. The molecule has 0 spiro atoms. The third kappa shape index (κ3) is 3.65. The van der Waals surface area contributed by atoms with E-state index in [0.29, 0.717) is 29.7 Å². The standard InChI is InChI=1S/C17H22ClN3O3/c1-17(2,10-22)20-15(23)11-5-7-21(8-6-11)16-19-13-4-3-12(18)9-14(13)24-16/h3-4,9,11,22H,5-8,10H2,1-2H3,(H,20,23). The van der Waals surface area contributed by atoms with Crippen LogP contribution in [-0.4, -0.2) is 41.2 Å². The number of hydrogen-bond acceptors (Lipinski definition) is 5. The largest absolute Gasteiger partial charge is 0.423 e. The summed E-state index contributed by atoms with van der Waals surface area (Å²) < 4.78 is 5.78. The summed E-state index contributed by atoms with van der Waals surface area (Å²) in [6.45, 7) is 4.95. The van der Waals surface area contributed by atoms with Crippen LogP contribution in [-0.2, 0) is 4.79 Å². The lowest BCUT2D eigenvalue weighted by molar-refractivity contribution is -0.127. The van der Waals surface area contributed by atoms with Crippen LogP contribution in [0.5, 0.6) is 0 Å². The topological polar surface area (TPSA) is 78.6 Å². The summed E-state index contributed by atoms with van der Waals surface area (Å²) in [6.07, 6.45) is 1.46. The van der Waals surface area contributed by atoms with Gasteiger partial charge in [-0.1, -0.05) is 11.6 Å². The van der Waals surface area contributed by atoms with Gasteiger partial charge >= 0.3 is 0 Å². The summed E-state index contributed by atoms with van der Waals surface area (Å²) in [5.41, 5.74) is 0.856. The predicted molar refractivity (Wildman–Crippen MR) is 93.3 cm³/mol. The van der Waals surface area contributed by atoms with Crippen LogP contribution in [0.4, 0.5) is 6.01 Å². The van der Waals surface area contributed by atoms with Gasteiger partial charge in [0.1, 0.15) is 5.52 Å². The second-order valence-corrected chi connectivity index (χ2v) is 7.34. The van der Waals surface area contributed by atoms with E-state index in [1.165, 1.54) is 0 Å². The Kier molecular flexibility index (Phi) is 4.69. The number of oxazole rings is 1. The molecule has 24 heavy (non-hydrogen) atoms. The molecular weight excluding hydrogens is 330 g/mol. The van der Waals surface area contributed by atoms with Crippen molar-refractivity contribution in [3.63, 3.8) is 0 Å². The van der Waals surface area contributed by atoms with Gasteiger partial charge in [0.15, 0.2) is 5.58 Å². The van der Waals surface area contributed by atoms with E-state index in [-0.39, 0.29) is 18.4 Å². The maximum absolute atomic E-state index is 12.3. The van der Waals surface area contributed by atoms with Gasteiger partial charge in [0.2, 0.25) is 5.91 Å². The average Bonchev–Trinajstić information content (AvgIpc) is 2.97. The molecule has 0 saturated carbocycles. The molecule has 1 amide bonds. The minimum Gasteiger partial charge on any atom is -0.423 e. The Hall–Kier alpha value is -1.79. The van der Waals surface area contributed by atoms with E-state index in [1.807, 2.05) is 19.9 Å². The van der Waals surface area contributed by atoms with Gasteiger partial charge in [-0.05, 0) is 38.8 Å². The van der Waals surface area contributed by atoms with E-state index in [1.54, 1.807) is 12.1 Å². The number of fused-ring (bicyclic) bond motifs is 1. The van der Waals surface area contributed by atoms with Gasteiger partial charge in [-0.2, -0.15) is 4.98 Å². The Labute approximate surface area is 145 Å². The maximum atomic E-state index is 12.3. The van der Waals surface area contributed by atoms with Crippen LogP contribution in [0.2, 0.25) is 5.02 Å². The minimum atomic E-state index is -0.590.